The first-order valence-corrected chi connectivity index (χ1v) is 7.12. The number of unbranched alkanes of at least 4 members (excludes halogenated alkanes) is 1. The van der Waals surface area contributed by atoms with Crippen LogP contribution >= 0.6 is 0 Å². The molecule has 2 rings (SSSR count). The predicted octanol–water partition coefficient (Wildman–Crippen LogP) is 3.10. The summed E-state index contributed by atoms with van der Waals surface area (Å²) in [4.78, 5) is 2.27. The van der Waals surface area contributed by atoms with Gasteiger partial charge in [-0.15, -0.1) is 0 Å². The number of halogens is 2. The normalized spacial score (nSPS) is 18.5. The van der Waals surface area contributed by atoms with Crippen LogP contribution < -0.4 is 5.32 Å². The molecule has 1 aliphatic heterocycles. The SMILES string of the molecule is CCCC[C@H](c1cccc(F)c1F)N1CCNCC1. The molecule has 0 aromatic heterocycles. The summed E-state index contributed by atoms with van der Waals surface area (Å²) in [5.41, 5.74) is 0.510. The average molecular weight is 268 g/mol. The van der Waals surface area contributed by atoms with Crippen LogP contribution in [0, 0.1) is 11.6 Å². The highest BCUT2D eigenvalue weighted by Gasteiger charge is 2.25. The summed E-state index contributed by atoms with van der Waals surface area (Å²) >= 11 is 0. The lowest BCUT2D eigenvalue weighted by molar-refractivity contribution is 0.159. The number of hydrogen-bond acceptors (Lipinski definition) is 2. The fraction of sp³-hybridized carbons (Fsp3) is 0.600. The van der Waals surface area contributed by atoms with E-state index >= 15 is 0 Å². The second-order valence-corrected chi connectivity index (χ2v) is 5.09. The summed E-state index contributed by atoms with van der Waals surface area (Å²) < 4.78 is 27.4. The van der Waals surface area contributed by atoms with Crippen molar-refractivity contribution in [3.8, 4) is 0 Å². The van der Waals surface area contributed by atoms with Crippen LogP contribution in [0.15, 0.2) is 18.2 Å². The Balaban J connectivity index is 2.22. The summed E-state index contributed by atoms with van der Waals surface area (Å²) in [5, 5.41) is 3.29. The monoisotopic (exact) mass is 268 g/mol. The van der Waals surface area contributed by atoms with Gasteiger partial charge in [0.05, 0.1) is 0 Å². The molecule has 1 aliphatic rings. The average Bonchev–Trinajstić information content (AvgIpc) is 2.45. The highest BCUT2D eigenvalue weighted by atomic mass is 19.2. The molecule has 0 bridgehead atoms. The Kier molecular flexibility index (Phi) is 5.28. The fourth-order valence-electron chi connectivity index (χ4n) is 2.70. The van der Waals surface area contributed by atoms with E-state index in [1.165, 1.54) is 6.07 Å². The summed E-state index contributed by atoms with van der Waals surface area (Å²) in [6.07, 6.45) is 2.99. The maximum atomic E-state index is 14.0. The maximum absolute atomic E-state index is 14.0. The molecule has 1 atom stereocenters. The quantitative estimate of drug-likeness (QED) is 0.882. The Hall–Kier alpha value is -1.00. The summed E-state index contributed by atoms with van der Waals surface area (Å²) in [7, 11) is 0. The van der Waals surface area contributed by atoms with Crippen molar-refractivity contribution in [2.45, 2.75) is 32.2 Å². The molecule has 1 N–H and O–H groups in total. The molecule has 106 valence electrons. The van der Waals surface area contributed by atoms with E-state index in [2.05, 4.69) is 17.1 Å². The Morgan fingerprint density at radius 1 is 1.26 bits per heavy atom. The summed E-state index contributed by atoms with van der Waals surface area (Å²) in [6.45, 7) is 5.74. The number of nitrogens with one attached hydrogen (secondary N) is 1. The van der Waals surface area contributed by atoms with Crippen molar-refractivity contribution in [3.05, 3.63) is 35.4 Å². The lowest BCUT2D eigenvalue weighted by Gasteiger charge is -2.35. The second-order valence-electron chi connectivity index (χ2n) is 5.09. The van der Waals surface area contributed by atoms with Gasteiger partial charge < -0.3 is 5.32 Å². The minimum atomic E-state index is -0.742. The molecule has 0 spiro atoms. The van der Waals surface area contributed by atoms with Gasteiger partial charge in [0, 0.05) is 37.8 Å². The molecular weight excluding hydrogens is 246 g/mol. The lowest BCUT2D eigenvalue weighted by atomic mass is 9.98. The third kappa shape index (κ3) is 3.51. The topological polar surface area (TPSA) is 15.3 Å². The van der Waals surface area contributed by atoms with Crippen molar-refractivity contribution in [1.29, 1.82) is 0 Å². The summed E-state index contributed by atoms with van der Waals surface area (Å²) in [6, 6.07) is 4.51. The minimum absolute atomic E-state index is 0.00208. The number of hydrogen-bond donors (Lipinski definition) is 1. The Labute approximate surface area is 113 Å². The van der Waals surface area contributed by atoms with Crippen LogP contribution in [0.5, 0.6) is 0 Å². The molecule has 4 heteroatoms. The third-order valence-corrected chi connectivity index (χ3v) is 3.76. The molecule has 1 fully saturated rings. The minimum Gasteiger partial charge on any atom is -0.314 e. The fourth-order valence-corrected chi connectivity index (χ4v) is 2.70. The van der Waals surface area contributed by atoms with E-state index in [-0.39, 0.29) is 6.04 Å². The largest absolute Gasteiger partial charge is 0.314 e. The van der Waals surface area contributed by atoms with Gasteiger partial charge in [0.1, 0.15) is 0 Å². The molecule has 0 aliphatic carbocycles. The van der Waals surface area contributed by atoms with Crippen LogP contribution in [0.25, 0.3) is 0 Å². The van der Waals surface area contributed by atoms with Gasteiger partial charge in [-0.2, -0.15) is 0 Å². The van der Waals surface area contributed by atoms with E-state index in [1.807, 2.05) is 0 Å². The molecule has 19 heavy (non-hydrogen) atoms. The molecule has 1 saturated heterocycles. The van der Waals surface area contributed by atoms with Gasteiger partial charge in [0.2, 0.25) is 0 Å². The number of piperazine rings is 1. The van der Waals surface area contributed by atoms with E-state index in [4.69, 9.17) is 0 Å². The van der Waals surface area contributed by atoms with E-state index in [9.17, 15) is 8.78 Å². The molecule has 0 radical (unpaired) electrons. The van der Waals surface area contributed by atoms with Gasteiger partial charge in [-0.25, -0.2) is 8.78 Å². The molecule has 0 unspecified atom stereocenters. The Morgan fingerprint density at radius 2 is 2.00 bits per heavy atom. The maximum Gasteiger partial charge on any atom is 0.163 e. The highest BCUT2D eigenvalue weighted by Crippen LogP contribution is 2.29. The van der Waals surface area contributed by atoms with Crippen LogP contribution in [0.2, 0.25) is 0 Å². The zero-order valence-electron chi connectivity index (χ0n) is 11.5. The molecule has 2 nitrogen and oxygen atoms in total. The van der Waals surface area contributed by atoms with Gasteiger partial charge >= 0.3 is 0 Å². The zero-order chi connectivity index (χ0) is 13.7. The molecular formula is C15H22F2N2. The van der Waals surface area contributed by atoms with Crippen molar-refractivity contribution >= 4 is 0 Å². The van der Waals surface area contributed by atoms with Crippen molar-refractivity contribution in [1.82, 2.24) is 10.2 Å². The Morgan fingerprint density at radius 3 is 2.68 bits per heavy atom. The van der Waals surface area contributed by atoms with Gasteiger partial charge in [-0.3, -0.25) is 4.90 Å². The Bertz CT molecular complexity index is 403. The van der Waals surface area contributed by atoms with Crippen LogP contribution in [0.1, 0.15) is 37.8 Å². The van der Waals surface area contributed by atoms with Gasteiger partial charge in [0.25, 0.3) is 0 Å². The first kappa shape index (κ1) is 14.4. The van der Waals surface area contributed by atoms with Crippen LogP contribution in [0.3, 0.4) is 0 Å². The predicted molar refractivity (Wildman–Crippen MR) is 73.1 cm³/mol. The van der Waals surface area contributed by atoms with Crippen LogP contribution in [-0.2, 0) is 0 Å². The van der Waals surface area contributed by atoms with Crippen LogP contribution in [-0.4, -0.2) is 31.1 Å². The van der Waals surface area contributed by atoms with Crippen molar-refractivity contribution in [2.24, 2.45) is 0 Å². The first-order chi connectivity index (χ1) is 9.24. The first-order valence-electron chi connectivity index (χ1n) is 7.12. The van der Waals surface area contributed by atoms with E-state index in [1.54, 1.807) is 12.1 Å². The standard InChI is InChI=1S/C15H22F2N2/c1-2-3-7-14(19-10-8-18-9-11-19)12-5-4-6-13(16)15(12)17/h4-6,14,18H,2-3,7-11H2,1H3/t14-/m1/s1. The lowest BCUT2D eigenvalue weighted by Crippen LogP contribution is -2.45. The number of rotatable bonds is 5. The van der Waals surface area contributed by atoms with Gasteiger partial charge in [-0.1, -0.05) is 31.9 Å². The zero-order valence-corrected chi connectivity index (χ0v) is 11.5. The smallest absolute Gasteiger partial charge is 0.163 e. The highest BCUT2D eigenvalue weighted by molar-refractivity contribution is 5.23. The number of benzene rings is 1. The number of nitrogens with zero attached hydrogens (tertiary/aromatic N) is 1. The molecule has 0 saturated carbocycles. The van der Waals surface area contributed by atoms with Crippen LogP contribution in [0.4, 0.5) is 8.78 Å². The molecule has 1 aromatic carbocycles. The summed E-state index contributed by atoms with van der Waals surface area (Å²) in [5.74, 6) is -1.42. The molecule has 1 heterocycles. The second kappa shape index (κ2) is 6.96. The van der Waals surface area contributed by atoms with E-state index < -0.39 is 11.6 Å². The van der Waals surface area contributed by atoms with Gasteiger partial charge in [0.15, 0.2) is 11.6 Å². The molecule has 0 amide bonds. The van der Waals surface area contributed by atoms with Crippen molar-refractivity contribution in [2.75, 3.05) is 26.2 Å². The van der Waals surface area contributed by atoms with Crippen molar-refractivity contribution in [3.63, 3.8) is 0 Å². The molecule has 1 aromatic rings. The third-order valence-electron chi connectivity index (χ3n) is 3.76. The van der Waals surface area contributed by atoms with E-state index in [0.717, 1.165) is 45.4 Å². The van der Waals surface area contributed by atoms with Crippen molar-refractivity contribution < 1.29 is 8.78 Å². The van der Waals surface area contributed by atoms with E-state index in [0.29, 0.717) is 5.56 Å². The van der Waals surface area contributed by atoms with Gasteiger partial charge in [-0.05, 0) is 12.5 Å².